The minimum absolute atomic E-state index is 0.00565. The van der Waals surface area contributed by atoms with Crippen LogP contribution in [0.3, 0.4) is 0 Å². The van der Waals surface area contributed by atoms with Gasteiger partial charge in [-0.1, -0.05) is 15.9 Å². The number of carbonyl (C=O) groups is 1. The van der Waals surface area contributed by atoms with Crippen molar-refractivity contribution in [3.8, 4) is 11.5 Å². The van der Waals surface area contributed by atoms with E-state index in [1.165, 1.54) is 0 Å². The van der Waals surface area contributed by atoms with Gasteiger partial charge in [0, 0.05) is 6.07 Å². The van der Waals surface area contributed by atoms with E-state index in [1.807, 2.05) is 6.92 Å². The van der Waals surface area contributed by atoms with Gasteiger partial charge in [-0.05, 0) is 26.0 Å². The Morgan fingerprint density at radius 3 is 2.69 bits per heavy atom. The Labute approximate surface area is 104 Å². The monoisotopic (exact) mass is 286 g/mol. The third kappa shape index (κ3) is 2.98. The van der Waals surface area contributed by atoms with Crippen LogP contribution in [-0.4, -0.2) is 24.3 Å². The first-order valence-corrected chi connectivity index (χ1v) is 6.00. The van der Waals surface area contributed by atoms with E-state index in [-0.39, 0.29) is 10.6 Å². The second kappa shape index (κ2) is 5.89. The van der Waals surface area contributed by atoms with Crippen LogP contribution >= 0.6 is 15.9 Å². The van der Waals surface area contributed by atoms with Crippen LogP contribution in [0.1, 0.15) is 24.2 Å². The molecule has 0 radical (unpaired) electrons. The van der Waals surface area contributed by atoms with Gasteiger partial charge in [-0.25, -0.2) is 0 Å². The Balaban J connectivity index is 3.12. The molecule has 0 aliphatic carbocycles. The highest BCUT2D eigenvalue weighted by Crippen LogP contribution is 2.27. The van der Waals surface area contributed by atoms with Gasteiger partial charge in [-0.15, -0.1) is 0 Å². The number of rotatable bonds is 5. The first-order chi connectivity index (χ1) is 7.60. The van der Waals surface area contributed by atoms with E-state index in [0.29, 0.717) is 23.7 Å². The van der Waals surface area contributed by atoms with E-state index in [2.05, 4.69) is 15.9 Å². The van der Waals surface area contributed by atoms with Crippen LogP contribution in [-0.2, 0) is 0 Å². The summed E-state index contributed by atoms with van der Waals surface area (Å²) in [5.41, 5.74) is 0.576. The predicted octanol–water partition coefficient (Wildman–Crippen LogP) is 3.06. The maximum atomic E-state index is 11.9. The number of hydrogen-bond donors (Lipinski definition) is 0. The van der Waals surface area contributed by atoms with Gasteiger partial charge < -0.3 is 9.47 Å². The summed E-state index contributed by atoms with van der Waals surface area (Å²) in [6, 6.07) is 5.21. The van der Waals surface area contributed by atoms with Crippen molar-refractivity contribution >= 4 is 21.7 Å². The molecule has 1 unspecified atom stereocenters. The zero-order valence-corrected chi connectivity index (χ0v) is 11.2. The van der Waals surface area contributed by atoms with Gasteiger partial charge in [0.05, 0.1) is 24.1 Å². The summed E-state index contributed by atoms with van der Waals surface area (Å²) in [6.45, 7) is 4.19. The molecule has 1 rings (SSSR count). The highest BCUT2D eigenvalue weighted by Gasteiger charge is 2.17. The number of Topliss-reactive ketones (excluding diaryl/α,β-unsaturated/α-hetero) is 1. The molecule has 4 heteroatoms. The number of alkyl halides is 1. The Bertz CT molecular complexity index is 375. The molecular weight excluding hydrogens is 272 g/mol. The molecular formula is C12H15BrO3. The fourth-order valence-electron chi connectivity index (χ4n) is 1.32. The smallest absolute Gasteiger partial charge is 0.179 e. The molecule has 0 bridgehead atoms. The zero-order chi connectivity index (χ0) is 12.1. The van der Waals surface area contributed by atoms with Crippen LogP contribution in [0.25, 0.3) is 0 Å². The number of carbonyl (C=O) groups excluding carboxylic acids is 1. The molecule has 0 aliphatic rings. The van der Waals surface area contributed by atoms with Crippen LogP contribution in [0.15, 0.2) is 18.2 Å². The molecule has 0 aromatic heterocycles. The highest BCUT2D eigenvalue weighted by molar-refractivity contribution is 9.10. The van der Waals surface area contributed by atoms with Crippen molar-refractivity contribution in [1.29, 1.82) is 0 Å². The lowest BCUT2D eigenvalue weighted by molar-refractivity contribution is 0.0992. The van der Waals surface area contributed by atoms with Crippen molar-refractivity contribution in [3.63, 3.8) is 0 Å². The summed E-state index contributed by atoms with van der Waals surface area (Å²) in [6.07, 6.45) is 0. The molecule has 0 amide bonds. The standard InChI is InChI=1S/C12H15BrO3/c1-4-16-11-7-9(15-3)5-6-10(11)12(14)8(2)13/h5-8H,4H2,1-3H3. The van der Waals surface area contributed by atoms with E-state index in [4.69, 9.17) is 9.47 Å². The number of hydrogen-bond acceptors (Lipinski definition) is 3. The van der Waals surface area contributed by atoms with Crippen molar-refractivity contribution in [1.82, 2.24) is 0 Å². The first-order valence-electron chi connectivity index (χ1n) is 5.09. The summed E-state index contributed by atoms with van der Waals surface area (Å²) in [7, 11) is 1.58. The predicted molar refractivity (Wildman–Crippen MR) is 66.9 cm³/mol. The highest BCUT2D eigenvalue weighted by atomic mass is 79.9. The minimum atomic E-state index is -0.222. The van der Waals surface area contributed by atoms with E-state index in [9.17, 15) is 4.79 Å². The second-order valence-electron chi connectivity index (χ2n) is 3.28. The largest absolute Gasteiger partial charge is 0.497 e. The molecule has 0 saturated heterocycles. The Morgan fingerprint density at radius 2 is 2.19 bits per heavy atom. The number of ketones is 1. The normalized spacial score (nSPS) is 12.0. The number of benzene rings is 1. The van der Waals surface area contributed by atoms with Gasteiger partial charge >= 0.3 is 0 Å². The molecule has 0 N–H and O–H groups in total. The summed E-state index contributed by atoms with van der Waals surface area (Å²) in [4.78, 5) is 11.6. The Hall–Kier alpha value is -1.03. The average molecular weight is 287 g/mol. The van der Waals surface area contributed by atoms with Gasteiger partial charge in [0.1, 0.15) is 11.5 Å². The number of halogens is 1. The van der Waals surface area contributed by atoms with Crippen molar-refractivity contribution in [2.75, 3.05) is 13.7 Å². The molecule has 0 fully saturated rings. The summed E-state index contributed by atoms with van der Waals surface area (Å²) >= 11 is 3.26. The van der Waals surface area contributed by atoms with E-state index in [0.717, 1.165) is 0 Å². The molecule has 1 aromatic carbocycles. The lowest BCUT2D eigenvalue weighted by atomic mass is 10.1. The third-order valence-electron chi connectivity index (χ3n) is 2.12. The maximum absolute atomic E-state index is 11.9. The average Bonchev–Trinajstić information content (AvgIpc) is 2.28. The van der Waals surface area contributed by atoms with E-state index >= 15 is 0 Å². The van der Waals surface area contributed by atoms with Crippen LogP contribution < -0.4 is 9.47 Å². The van der Waals surface area contributed by atoms with Crippen molar-refractivity contribution in [3.05, 3.63) is 23.8 Å². The van der Waals surface area contributed by atoms with Gasteiger partial charge in [-0.3, -0.25) is 4.79 Å². The van der Waals surface area contributed by atoms with Crippen molar-refractivity contribution in [2.45, 2.75) is 18.7 Å². The van der Waals surface area contributed by atoms with Gasteiger partial charge in [-0.2, -0.15) is 0 Å². The molecule has 88 valence electrons. The first kappa shape index (κ1) is 13.0. The van der Waals surface area contributed by atoms with E-state index in [1.54, 1.807) is 32.2 Å². The second-order valence-corrected chi connectivity index (χ2v) is 4.65. The molecule has 0 heterocycles. The SMILES string of the molecule is CCOc1cc(OC)ccc1C(=O)C(C)Br. The minimum Gasteiger partial charge on any atom is -0.497 e. The molecule has 0 spiro atoms. The van der Waals surface area contributed by atoms with Crippen molar-refractivity contribution < 1.29 is 14.3 Å². The molecule has 0 saturated carbocycles. The van der Waals surface area contributed by atoms with Gasteiger partial charge in [0.15, 0.2) is 5.78 Å². The summed E-state index contributed by atoms with van der Waals surface area (Å²) < 4.78 is 10.5. The van der Waals surface area contributed by atoms with E-state index < -0.39 is 0 Å². The molecule has 0 aliphatic heterocycles. The molecule has 1 atom stereocenters. The molecule has 3 nitrogen and oxygen atoms in total. The summed E-state index contributed by atoms with van der Waals surface area (Å²) in [5.74, 6) is 1.26. The van der Waals surface area contributed by atoms with Crippen molar-refractivity contribution in [2.24, 2.45) is 0 Å². The van der Waals surface area contributed by atoms with Crippen LogP contribution in [0.2, 0.25) is 0 Å². The molecule has 1 aromatic rings. The lowest BCUT2D eigenvalue weighted by Crippen LogP contribution is -2.12. The fraction of sp³-hybridized carbons (Fsp3) is 0.417. The zero-order valence-electron chi connectivity index (χ0n) is 9.62. The van der Waals surface area contributed by atoms with Gasteiger partial charge in [0.25, 0.3) is 0 Å². The maximum Gasteiger partial charge on any atom is 0.179 e. The van der Waals surface area contributed by atoms with Crippen LogP contribution in [0.5, 0.6) is 11.5 Å². The van der Waals surface area contributed by atoms with Gasteiger partial charge in [0.2, 0.25) is 0 Å². The fourth-order valence-corrected chi connectivity index (χ4v) is 1.57. The lowest BCUT2D eigenvalue weighted by Gasteiger charge is -2.11. The quantitative estimate of drug-likeness (QED) is 0.616. The third-order valence-corrected chi connectivity index (χ3v) is 2.53. The number of ether oxygens (including phenoxy) is 2. The number of methoxy groups -OCH3 is 1. The van der Waals surface area contributed by atoms with Crippen LogP contribution in [0.4, 0.5) is 0 Å². The summed E-state index contributed by atoms with van der Waals surface area (Å²) in [5, 5.41) is 0. The van der Waals surface area contributed by atoms with Crippen LogP contribution in [0, 0.1) is 0 Å². The Kier molecular flexibility index (Phi) is 4.80. The Morgan fingerprint density at radius 1 is 1.50 bits per heavy atom. The topological polar surface area (TPSA) is 35.5 Å². The molecule has 16 heavy (non-hydrogen) atoms.